The van der Waals surface area contributed by atoms with Gasteiger partial charge in [-0.25, -0.2) is 0 Å². The van der Waals surface area contributed by atoms with E-state index in [0.717, 1.165) is 5.56 Å². The van der Waals surface area contributed by atoms with E-state index in [0.29, 0.717) is 16.7 Å². The molecular weight excluding hydrogens is 172 g/mol. The molecule has 1 saturated carbocycles. The predicted molar refractivity (Wildman–Crippen MR) is 49.8 cm³/mol. The van der Waals surface area contributed by atoms with Crippen LogP contribution >= 0.6 is 11.6 Å². The summed E-state index contributed by atoms with van der Waals surface area (Å²) in [5.74, 6) is 0.946. The number of hydrogen-bond acceptors (Lipinski definition) is 1. The van der Waals surface area contributed by atoms with Gasteiger partial charge >= 0.3 is 0 Å². The third-order valence-electron chi connectivity index (χ3n) is 2.33. The van der Waals surface area contributed by atoms with E-state index >= 15 is 0 Å². The molecule has 0 aliphatic heterocycles. The van der Waals surface area contributed by atoms with Crippen molar-refractivity contribution < 1.29 is 5.11 Å². The monoisotopic (exact) mass is 182 g/mol. The lowest BCUT2D eigenvalue weighted by atomic mass is 10.1. The van der Waals surface area contributed by atoms with Gasteiger partial charge in [-0.1, -0.05) is 17.7 Å². The summed E-state index contributed by atoms with van der Waals surface area (Å²) in [4.78, 5) is 0. The van der Waals surface area contributed by atoms with Gasteiger partial charge in [0.2, 0.25) is 0 Å². The normalized spacial score (nSPS) is 16.5. The minimum atomic E-state index is 0.296. The molecule has 1 aliphatic rings. The van der Waals surface area contributed by atoms with E-state index in [2.05, 4.69) is 0 Å². The number of hydrogen-bond donors (Lipinski definition) is 1. The molecule has 0 bridgehead atoms. The lowest BCUT2D eigenvalue weighted by molar-refractivity contribution is 0.471. The Morgan fingerprint density at radius 3 is 2.67 bits per heavy atom. The van der Waals surface area contributed by atoms with E-state index < -0.39 is 0 Å². The van der Waals surface area contributed by atoms with Crippen molar-refractivity contribution >= 4 is 11.6 Å². The molecule has 0 radical (unpaired) electrons. The van der Waals surface area contributed by atoms with Crippen LogP contribution in [0.4, 0.5) is 0 Å². The predicted octanol–water partition coefficient (Wildman–Crippen LogP) is 3.23. The Balaban J connectivity index is 2.47. The third kappa shape index (κ3) is 1.29. The molecule has 2 heteroatoms. The zero-order valence-electron chi connectivity index (χ0n) is 6.97. The highest BCUT2D eigenvalue weighted by Crippen LogP contribution is 2.44. The first-order valence-corrected chi connectivity index (χ1v) is 4.55. The fourth-order valence-electron chi connectivity index (χ4n) is 1.40. The van der Waals surface area contributed by atoms with Crippen molar-refractivity contribution in [2.24, 2.45) is 0 Å². The van der Waals surface area contributed by atoms with Gasteiger partial charge in [0.1, 0.15) is 5.75 Å². The lowest BCUT2D eigenvalue weighted by Gasteiger charge is -2.05. The SMILES string of the molecule is Cc1cc(C2CC2)c(Cl)cc1O. The van der Waals surface area contributed by atoms with Crippen molar-refractivity contribution in [1.29, 1.82) is 0 Å². The summed E-state index contributed by atoms with van der Waals surface area (Å²) in [7, 11) is 0. The zero-order valence-corrected chi connectivity index (χ0v) is 7.73. The largest absolute Gasteiger partial charge is 0.508 e. The van der Waals surface area contributed by atoms with Crippen molar-refractivity contribution in [1.82, 2.24) is 0 Å². The number of phenolic OH excluding ortho intramolecular Hbond substituents is 1. The molecule has 0 amide bonds. The summed E-state index contributed by atoms with van der Waals surface area (Å²) >= 11 is 5.98. The molecule has 1 nitrogen and oxygen atoms in total. The van der Waals surface area contributed by atoms with E-state index in [9.17, 15) is 5.11 Å². The highest BCUT2D eigenvalue weighted by molar-refractivity contribution is 6.31. The number of rotatable bonds is 1. The Labute approximate surface area is 77.0 Å². The molecule has 64 valence electrons. The molecule has 2 rings (SSSR count). The average Bonchev–Trinajstić information content (AvgIpc) is 2.79. The molecular formula is C10H11ClO. The fourth-order valence-corrected chi connectivity index (χ4v) is 1.71. The topological polar surface area (TPSA) is 20.2 Å². The van der Waals surface area contributed by atoms with Crippen molar-refractivity contribution in [3.05, 3.63) is 28.3 Å². The van der Waals surface area contributed by atoms with Crippen LogP contribution in [-0.2, 0) is 0 Å². The average molecular weight is 183 g/mol. The van der Waals surface area contributed by atoms with E-state index in [1.807, 2.05) is 13.0 Å². The van der Waals surface area contributed by atoms with Crippen molar-refractivity contribution in [2.45, 2.75) is 25.7 Å². The van der Waals surface area contributed by atoms with Crippen molar-refractivity contribution in [2.75, 3.05) is 0 Å². The molecule has 0 heterocycles. The summed E-state index contributed by atoms with van der Waals surface area (Å²) < 4.78 is 0. The Morgan fingerprint density at radius 1 is 1.42 bits per heavy atom. The molecule has 0 spiro atoms. The van der Waals surface area contributed by atoms with E-state index in [-0.39, 0.29) is 0 Å². The summed E-state index contributed by atoms with van der Waals surface area (Å²) in [5.41, 5.74) is 2.12. The van der Waals surface area contributed by atoms with Crippen LogP contribution in [0.2, 0.25) is 5.02 Å². The summed E-state index contributed by atoms with van der Waals surface area (Å²) in [5, 5.41) is 10.1. The molecule has 1 N–H and O–H groups in total. The van der Waals surface area contributed by atoms with Crippen LogP contribution in [0.5, 0.6) is 5.75 Å². The van der Waals surface area contributed by atoms with Gasteiger partial charge in [-0.3, -0.25) is 0 Å². The standard InChI is InChI=1S/C10H11ClO/c1-6-4-8(7-2-3-7)9(11)5-10(6)12/h4-5,7,12H,2-3H2,1H3. The maximum Gasteiger partial charge on any atom is 0.119 e. The molecule has 0 atom stereocenters. The minimum Gasteiger partial charge on any atom is -0.508 e. The highest BCUT2D eigenvalue weighted by atomic mass is 35.5. The van der Waals surface area contributed by atoms with Crippen LogP contribution in [0, 0.1) is 6.92 Å². The summed E-state index contributed by atoms with van der Waals surface area (Å²) in [6.07, 6.45) is 2.48. The van der Waals surface area contributed by atoms with Gasteiger partial charge < -0.3 is 5.11 Å². The van der Waals surface area contributed by atoms with Crippen molar-refractivity contribution in [3.8, 4) is 5.75 Å². The van der Waals surface area contributed by atoms with Gasteiger partial charge in [-0.15, -0.1) is 0 Å². The maximum absolute atomic E-state index is 9.34. The van der Waals surface area contributed by atoms with Crippen LogP contribution in [-0.4, -0.2) is 5.11 Å². The number of aryl methyl sites for hydroxylation is 1. The smallest absolute Gasteiger partial charge is 0.119 e. The Kier molecular flexibility index (Phi) is 1.76. The quantitative estimate of drug-likeness (QED) is 0.707. The zero-order chi connectivity index (χ0) is 8.72. The van der Waals surface area contributed by atoms with Crippen LogP contribution in [0.15, 0.2) is 12.1 Å². The Morgan fingerprint density at radius 2 is 2.08 bits per heavy atom. The molecule has 1 aromatic rings. The second-order valence-corrected chi connectivity index (χ2v) is 3.84. The van der Waals surface area contributed by atoms with E-state index in [1.54, 1.807) is 6.07 Å². The van der Waals surface area contributed by atoms with Gasteiger partial charge in [0.25, 0.3) is 0 Å². The summed E-state index contributed by atoms with van der Waals surface area (Å²) in [6, 6.07) is 3.64. The summed E-state index contributed by atoms with van der Waals surface area (Å²) in [6.45, 7) is 1.90. The second-order valence-electron chi connectivity index (χ2n) is 3.43. The molecule has 1 aliphatic carbocycles. The second kappa shape index (κ2) is 2.67. The van der Waals surface area contributed by atoms with Gasteiger partial charge in [-0.05, 0) is 42.9 Å². The van der Waals surface area contributed by atoms with Gasteiger partial charge in [0.15, 0.2) is 0 Å². The number of benzene rings is 1. The van der Waals surface area contributed by atoms with Crippen LogP contribution in [0.25, 0.3) is 0 Å². The molecule has 12 heavy (non-hydrogen) atoms. The van der Waals surface area contributed by atoms with E-state index in [4.69, 9.17) is 11.6 Å². The van der Waals surface area contributed by atoms with Crippen LogP contribution in [0.1, 0.15) is 29.9 Å². The maximum atomic E-state index is 9.34. The Bertz CT molecular complexity index is 316. The number of halogens is 1. The van der Waals surface area contributed by atoms with E-state index in [1.165, 1.54) is 18.4 Å². The van der Waals surface area contributed by atoms with Crippen molar-refractivity contribution in [3.63, 3.8) is 0 Å². The Hall–Kier alpha value is -0.690. The molecule has 0 aromatic heterocycles. The lowest BCUT2D eigenvalue weighted by Crippen LogP contribution is -1.84. The molecule has 1 fully saturated rings. The third-order valence-corrected chi connectivity index (χ3v) is 2.66. The molecule has 0 saturated heterocycles. The van der Waals surface area contributed by atoms with Gasteiger partial charge in [0, 0.05) is 5.02 Å². The molecule has 1 aromatic carbocycles. The highest BCUT2D eigenvalue weighted by Gasteiger charge is 2.26. The number of phenols is 1. The van der Waals surface area contributed by atoms with Gasteiger partial charge in [-0.2, -0.15) is 0 Å². The van der Waals surface area contributed by atoms with Crippen LogP contribution < -0.4 is 0 Å². The fraction of sp³-hybridized carbons (Fsp3) is 0.400. The first-order chi connectivity index (χ1) is 5.68. The first-order valence-electron chi connectivity index (χ1n) is 4.17. The minimum absolute atomic E-state index is 0.296. The van der Waals surface area contributed by atoms with Crippen LogP contribution in [0.3, 0.4) is 0 Å². The number of aromatic hydroxyl groups is 1. The first kappa shape index (κ1) is 7.93. The van der Waals surface area contributed by atoms with Gasteiger partial charge in [0.05, 0.1) is 0 Å². The molecule has 0 unspecified atom stereocenters.